The van der Waals surface area contributed by atoms with Crippen molar-refractivity contribution < 1.29 is 0 Å². The van der Waals surface area contributed by atoms with Crippen LogP contribution in [0.25, 0.3) is 0 Å². The average molecular weight is 265 g/mol. The maximum absolute atomic E-state index is 5.68. The predicted octanol–water partition coefficient (Wildman–Crippen LogP) is 3.46. The number of rotatable bonds is 3. The fraction of sp³-hybridized carbons (Fsp3) is 0.368. The lowest BCUT2D eigenvalue weighted by Gasteiger charge is -2.11. The van der Waals surface area contributed by atoms with Crippen LogP contribution in [-0.4, -0.2) is 6.54 Å². The van der Waals surface area contributed by atoms with Crippen LogP contribution in [0.3, 0.4) is 0 Å². The van der Waals surface area contributed by atoms with Crippen molar-refractivity contribution in [2.75, 3.05) is 6.54 Å². The van der Waals surface area contributed by atoms with Gasteiger partial charge in [-0.15, -0.1) is 0 Å². The Hall–Kier alpha value is -1.60. The summed E-state index contributed by atoms with van der Waals surface area (Å²) in [7, 11) is 0. The molecule has 0 radical (unpaired) electrons. The molecule has 104 valence electrons. The van der Waals surface area contributed by atoms with Gasteiger partial charge in [-0.2, -0.15) is 0 Å². The normalized spacial score (nSPS) is 14.1. The van der Waals surface area contributed by atoms with Gasteiger partial charge >= 0.3 is 0 Å². The SMILES string of the molecule is NCCCc1cc2ccc1CCc1cccc(c1)CC2. The van der Waals surface area contributed by atoms with E-state index in [1.807, 2.05) is 0 Å². The molecule has 4 bridgehead atoms. The van der Waals surface area contributed by atoms with Crippen LogP contribution in [0.4, 0.5) is 0 Å². The van der Waals surface area contributed by atoms with Crippen molar-refractivity contribution >= 4 is 0 Å². The van der Waals surface area contributed by atoms with Crippen LogP contribution in [0, 0.1) is 0 Å². The molecule has 20 heavy (non-hydrogen) atoms. The van der Waals surface area contributed by atoms with E-state index in [1.165, 1.54) is 27.8 Å². The van der Waals surface area contributed by atoms with Gasteiger partial charge in [0.1, 0.15) is 0 Å². The molecule has 2 aromatic rings. The van der Waals surface area contributed by atoms with E-state index in [0.717, 1.165) is 45.1 Å². The lowest BCUT2D eigenvalue weighted by molar-refractivity contribution is 0.813. The van der Waals surface area contributed by atoms with Crippen molar-refractivity contribution in [1.29, 1.82) is 0 Å². The third-order valence-electron chi connectivity index (χ3n) is 4.30. The molecule has 2 aliphatic carbocycles. The van der Waals surface area contributed by atoms with E-state index in [1.54, 1.807) is 0 Å². The van der Waals surface area contributed by atoms with E-state index < -0.39 is 0 Å². The first-order valence-electron chi connectivity index (χ1n) is 7.74. The molecule has 2 aromatic carbocycles. The van der Waals surface area contributed by atoms with Gasteiger partial charge in [0.15, 0.2) is 0 Å². The standard InChI is InChI=1S/C19H23N/c20-12-2-5-19-14-17-7-6-15-3-1-4-16(13-15)8-10-18(19)11-9-17/h1,3-4,9,11,13-14H,2,5-8,10,12,20H2. The molecule has 0 fully saturated rings. The number of nitrogens with two attached hydrogens (primary N) is 1. The summed E-state index contributed by atoms with van der Waals surface area (Å²) >= 11 is 0. The molecule has 0 spiro atoms. The Labute approximate surface area is 121 Å². The molecule has 2 N–H and O–H groups in total. The first-order valence-corrected chi connectivity index (χ1v) is 7.74. The van der Waals surface area contributed by atoms with Crippen LogP contribution in [0.2, 0.25) is 0 Å². The van der Waals surface area contributed by atoms with Gasteiger partial charge in [-0.1, -0.05) is 42.5 Å². The van der Waals surface area contributed by atoms with Crippen molar-refractivity contribution in [3.63, 3.8) is 0 Å². The molecule has 0 unspecified atom stereocenters. The Morgan fingerprint density at radius 3 is 2.25 bits per heavy atom. The smallest absolute Gasteiger partial charge is 0.00741 e. The van der Waals surface area contributed by atoms with Gasteiger partial charge in [-0.3, -0.25) is 0 Å². The summed E-state index contributed by atoms with van der Waals surface area (Å²) in [5.41, 5.74) is 13.1. The second-order valence-corrected chi connectivity index (χ2v) is 5.82. The Balaban J connectivity index is 1.92. The molecule has 1 nitrogen and oxygen atoms in total. The van der Waals surface area contributed by atoms with Crippen molar-refractivity contribution in [3.05, 3.63) is 70.3 Å². The Kier molecular flexibility index (Phi) is 4.17. The van der Waals surface area contributed by atoms with Gasteiger partial charge in [0, 0.05) is 0 Å². The van der Waals surface area contributed by atoms with Crippen LogP contribution in [0.15, 0.2) is 42.5 Å². The molecule has 0 saturated carbocycles. The summed E-state index contributed by atoms with van der Waals surface area (Å²) in [6.45, 7) is 0.782. The minimum Gasteiger partial charge on any atom is -0.330 e. The van der Waals surface area contributed by atoms with Crippen molar-refractivity contribution in [1.82, 2.24) is 0 Å². The molecule has 0 saturated heterocycles. The highest BCUT2D eigenvalue weighted by molar-refractivity contribution is 5.35. The zero-order valence-corrected chi connectivity index (χ0v) is 12.1. The summed E-state index contributed by atoms with van der Waals surface area (Å²) < 4.78 is 0. The van der Waals surface area contributed by atoms with Gasteiger partial charge in [0.25, 0.3) is 0 Å². The quantitative estimate of drug-likeness (QED) is 0.903. The number of fused-ring (bicyclic) bond motifs is 4. The first kappa shape index (κ1) is 13.4. The van der Waals surface area contributed by atoms with Crippen molar-refractivity contribution in [3.8, 4) is 0 Å². The maximum Gasteiger partial charge on any atom is -0.00741 e. The monoisotopic (exact) mass is 265 g/mol. The average Bonchev–Trinajstić information content (AvgIpc) is 2.53. The second kappa shape index (κ2) is 6.23. The van der Waals surface area contributed by atoms with Crippen LogP contribution in [-0.2, 0) is 32.1 Å². The van der Waals surface area contributed by atoms with Gasteiger partial charge < -0.3 is 5.73 Å². The van der Waals surface area contributed by atoms with Gasteiger partial charge in [0.2, 0.25) is 0 Å². The summed E-state index contributed by atoms with van der Waals surface area (Å²) in [6.07, 6.45) is 6.77. The summed E-state index contributed by atoms with van der Waals surface area (Å²) in [5.74, 6) is 0. The summed E-state index contributed by atoms with van der Waals surface area (Å²) in [5, 5.41) is 0. The summed E-state index contributed by atoms with van der Waals surface area (Å²) in [6, 6.07) is 16.2. The molecule has 2 aliphatic rings. The molecule has 0 atom stereocenters. The third-order valence-corrected chi connectivity index (χ3v) is 4.30. The molecular weight excluding hydrogens is 242 g/mol. The zero-order valence-electron chi connectivity index (χ0n) is 12.1. The zero-order chi connectivity index (χ0) is 13.8. The lowest BCUT2D eigenvalue weighted by Crippen LogP contribution is -2.04. The van der Waals surface area contributed by atoms with Crippen LogP contribution in [0.5, 0.6) is 0 Å². The third kappa shape index (κ3) is 3.10. The number of aryl methyl sites for hydroxylation is 5. The first-order chi connectivity index (χ1) is 9.85. The molecule has 0 heterocycles. The highest BCUT2D eigenvalue weighted by Crippen LogP contribution is 2.20. The van der Waals surface area contributed by atoms with E-state index in [2.05, 4.69) is 42.5 Å². The van der Waals surface area contributed by atoms with Crippen molar-refractivity contribution in [2.45, 2.75) is 38.5 Å². The molecule has 0 amide bonds. The molecule has 0 aliphatic heterocycles. The fourth-order valence-electron chi connectivity index (χ4n) is 3.11. The lowest BCUT2D eigenvalue weighted by atomic mass is 9.95. The van der Waals surface area contributed by atoms with Crippen LogP contribution in [0.1, 0.15) is 34.2 Å². The molecular formula is C19H23N. The molecule has 0 aromatic heterocycles. The Morgan fingerprint density at radius 1 is 0.800 bits per heavy atom. The van der Waals surface area contributed by atoms with E-state index in [9.17, 15) is 0 Å². The maximum atomic E-state index is 5.68. The van der Waals surface area contributed by atoms with Gasteiger partial charge in [-0.25, -0.2) is 0 Å². The highest BCUT2D eigenvalue weighted by atomic mass is 14.5. The predicted molar refractivity (Wildman–Crippen MR) is 85.1 cm³/mol. The second-order valence-electron chi connectivity index (χ2n) is 5.82. The van der Waals surface area contributed by atoms with E-state index in [-0.39, 0.29) is 0 Å². The Morgan fingerprint density at radius 2 is 1.50 bits per heavy atom. The Bertz CT molecular complexity index is 586. The molecule has 4 rings (SSSR count). The fourth-order valence-corrected chi connectivity index (χ4v) is 3.11. The van der Waals surface area contributed by atoms with E-state index >= 15 is 0 Å². The topological polar surface area (TPSA) is 26.0 Å². The number of benzene rings is 2. The number of hydrogen-bond acceptors (Lipinski definition) is 1. The van der Waals surface area contributed by atoms with E-state index in [0.29, 0.717) is 0 Å². The highest BCUT2D eigenvalue weighted by Gasteiger charge is 2.08. The van der Waals surface area contributed by atoms with Crippen molar-refractivity contribution in [2.24, 2.45) is 5.73 Å². The van der Waals surface area contributed by atoms with Gasteiger partial charge in [-0.05, 0) is 72.9 Å². The minimum absolute atomic E-state index is 0.782. The van der Waals surface area contributed by atoms with E-state index in [4.69, 9.17) is 5.73 Å². The number of hydrogen-bond donors (Lipinski definition) is 1. The molecule has 1 heteroatoms. The summed E-state index contributed by atoms with van der Waals surface area (Å²) in [4.78, 5) is 0. The van der Waals surface area contributed by atoms with Gasteiger partial charge in [0.05, 0.1) is 0 Å². The largest absolute Gasteiger partial charge is 0.330 e. The minimum atomic E-state index is 0.782. The van der Waals surface area contributed by atoms with Crippen LogP contribution < -0.4 is 5.73 Å². The van der Waals surface area contributed by atoms with Crippen LogP contribution >= 0.6 is 0 Å².